The van der Waals surface area contributed by atoms with E-state index in [0.717, 1.165) is 16.0 Å². The van der Waals surface area contributed by atoms with Gasteiger partial charge in [0.1, 0.15) is 16.3 Å². The van der Waals surface area contributed by atoms with Gasteiger partial charge in [-0.3, -0.25) is 0 Å². The van der Waals surface area contributed by atoms with Crippen LogP contribution in [0.25, 0.3) is 22.1 Å². The van der Waals surface area contributed by atoms with E-state index in [4.69, 9.17) is 4.42 Å². The molecular formula is C22H15FO2S. The van der Waals surface area contributed by atoms with Crippen molar-refractivity contribution in [3.05, 3.63) is 94.6 Å². The van der Waals surface area contributed by atoms with Gasteiger partial charge in [0.05, 0.1) is 0 Å². The second-order valence-electron chi connectivity index (χ2n) is 6.02. The van der Waals surface area contributed by atoms with Crippen molar-refractivity contribution in [3.8, 4) is 11.1 Å². The largest absolute Gasteiger partial charge is 0.422 e. The standard InChI is InChI=1S/C22H15FO2S/c1-14-7-10-17(11-8-14)26-21-20(15-5-3-2-4-6-15)18-13-16(23)9-12-19(18)25-22(21)24/h2-13H,1H3. The van der Waals surface area contributed by atoms with Gasteiger partial charge in [0.15, 0.2) is 0 Å². The maximum atomic E-state index is 13.9. The molecule has 0 aliphatic heterocycles. The predicted molar refractivity (Wildman–Crippen MR) is 103 cm³/mol. The zero-order valence-electron chi connectivity index (χ0n) is 14.0. The zero-order valence-corrected chi connectivity index (χ0v) is 14.8. The van der Waals surface area contributed by atoms with Crippen LogP contribution >= 0.6 is 11.8 Å². The van der Waals surface area contributed by atoms with E-state index < -0.39 is 5.63 Å². The number of fused-ring (bicyclic) bond motifs is 1. The number of aryl methyl sites for hydroxylation is 1. The second-order valence-corrected chi connectivity index (χ2v) is 7.10. The predicted octanol–water partition coefficient (Wildman–Crippen LogP) is 6.06. The van der Waals surface area contributed by atoms with Crippen molar-refractivity contribution in [2.45, 2.75) is 16.7 Å². The second kappa shape index (κ2) is 6.81. The van der Waals surface area contributed by atoms with Crippen LogP contribution in [0.5, 0.6) is 0 Å². The fraction of sp³-hybridized carbons (Fsp3) is 0.0455. The molecule has 4 aromatic rings. The van der Waals surface area contributed by atoms with E-state index in [1.54, 1.807) is 0 Å². The van der Waals surface area contributed by atoms with Crippen molar-refractivity contribution in [3.63, 3.8) is 0 Å². The summed E-state index contributed by atoms with van der Waals surface area (Å²) >= 11 is 1.34. The molecule has 0 aliphatic carbocycles. The van der Waals surface area contributed by atoms with Crippen LogP contribution in [0.15, 0.2) is 91.8 Å². The topological polar surface area (TPSA) is 30.2 Å². The molecule has 0 fully saturated rings. The molecule has 0 atom stereocenters. The molecule has 1 heterocycles. The van der Waals surface area contributed by atoms with Gasteiger partial charge >= 0.3 is 5.63 Å². The summed E-state index contributed by atoms with van der Waals surface area (Å²) in [4.78, 5) is 14.1. The summed E-state index contributed by atoms with van der Waals surface area (Å²) in [5.74, 6) is -0.366. The first kappa shape index (κ1) is 16.6. The zero-order chi connectivity index (χ0) is 18.1. The Kier molecular flexibility index (Phi) is 4.35. The van der Waals surface area contributed by atoms with Crippen molar-refractivity contribution >= 4 is 22.7 Å². The molecule has 128 valence electrons. The summed E-state index contributed by atoms with van der Waals surface area (Å²) in [5.41, 5.74) is 2.65. The maximum absolute atomic E-state index is 13.9. The van der Waals surface area contributed by atoms with Crippen LogP contribution in [0.3, 0.4) is 0 Å². The van der Waals surface area contributed by atoms with Gasteiger partial charge in [-0.2, -0.15) is 0 Å². The highest BCUT2D eigenvalue weighted by Gasteiger charge is 2.18. The minimum Gasteiger partial charge on any atom is -0.422 e. The third-order valence-electron chi connectivity index (χ3n) is 4.13. The molecule has 0 radical (unpaired) electrons. The SMILES string of the molecule is Cc1ccc(Sc2c(-c3ccccc3)c3cc(F)ccc3oc2=O)cc1. The van der Waals surface area contributed by atoms with Crippen LogP contribution in [0.1, 0.15) is 5.56 Å². The van der Waals surface area contributed by atoms with Crippen molar-refractivity contribution in [1.29, 1.82) is 0 Å². The van der Waals surface area contributed by atoms with Gasteiger partial charge in [-0.25, -0.2) is 9.18 Å². The lowest BCUT2D eigenvalue weighted by atomic mass is 10.0. The molecule has 2 nitrogen and oxygen atoms in total. The van der Waals surface area contributed by atoms with E-state index in [1.165, 1.54) is 30.0 Å². The number of hydrogen-bond acceptors (Lipinski definition) is 3. The third kappa shape index (κ3) is 3.16. The average molecular weight is 362 g/mol. The normalized spacial score (nSPS) is 11.0. The summed E-state index contributed by atoms with van der Waals surface area (Å²) in [6.45, 7) is 2.01. The summed E-state index contributed by atoms with van der Waals surface area (Å²) in [6.07, 6.45) is 0. The van der Waals surface area contributed by atoms with Crippen molar-refractivity contribution in [2.75, 3.05) is 0 Å². The van der Waals surface area contributed by atoms with Crippen LogP contribution in [0, 0.1) is 12.7 Å². The van der Waals surface area contributed by atoms with Crippen LogP contribution in [0.4, 0.5) is 4.39 Å². The highest BCUT2D eigenvalue weighted by molar-refractivity contribution is 7.99. The lowest BCUT2D eigenvalue weighted by molar-refractivity contribution is 0.543. The maximum Gasteiger partial charge on any atom is 0.351 e. The highest BCUT2D eigenvalue weighted by atomic mass is 32.2. The van der Waals surface area contributed by atoms with E-state index in [-0.39, 0.29) is 5.82 Å². The van der Waals surface area contributed by atoms with Crippen LogP contribution in [-0.4, -0.2) is 0 Å². The van der Waals surface area contributed by atoms with Gasteiger partial charge in [-0.15, -0.1) is 0 Å². The molecular weight excluding hydrogens is 347 g/mol. The highest BCUT2D eigenvalue weighted by Crippen LogP contribution is 2.38. The van der Waals surface area contributed by atoms with Crippen molar-refractivity contribution in [1.82, 2.24) is 0 Å². The molecule has 0 saturated heterocycles. The van der Waals surface area contributed by atoms with Gasteiger partial charge in [-0.1, -0.05) is 59.8 Å². The average Bonchev–Trinajstić information content (AvgIpc) is 2.65. The van der Waals surface area contributed by atoms with Gasteiger partial charge in [-0.05, 0) is 42.8 Å². The number of hydrogen-bond donors (Lipinski definition) is 0. The molecule has 0 N–H and O–H groups in total. The number of benzene rings is 3. The Morgan fingerprint density at radius 1 is 0.923 bits per heavy atom. The Morgan fingerprint density at radius 2 is 1.65 bits per heavy atom. The molecule has 0 aliphatic rings. The number of halogens is 1. The van der Waals surface area contributed by atoms with Crippen molar-refractivity contribution in [2.24, 2.45) is 0 Å². The van der Waals surface area contributed by atoms with Crippen LogP contribution < -0.4 is 5.63 Å². The van der Waals surface area contributed by atoms with Gasteiger partial charge in [0.2, 0.25) is 0 Å². The number of rotatable bonds is 3. The lowest BCUT2D eigenvalue weighted by Gasteiger charge is -2.12. The smallest absolute Gasteiger partial charge is 0.351 e. The Morgan fingerprint density at radius 3 is 2.38 bits per heavy atom. The third-order valence-corrected chi connectivity index (χ3v) is 5.21. The van der Waals surface area contributed by atoms with Crippen LogP contribution in [-0.2, 0) is 0 Å². The molecule has 1 aromatic heterocycles. The molecule has 0 unspecified atom stereocenters. The molecule has 3 aromatic carbocycles. The van der Waals surface area contributed by atoms with E-state index in [9.17, 15) is 9.18 Å². The molecule has 0 spiro atoms. The fourth-order valence-electron chi connectivity index (χ4n) is 2.87. The molecule has 4 rings (SSSR count). The van der Waals surface area contributed by atoms with E-state index in [0.29, 0.717) is 21.4 Å². The fourth-order valence-corrected chi connectivity index (χ4v) is 3.83. The van der Waals surface area contributed by atoms with Crippen LogP contribution in [0.2, 0.25) is 0 Å². The first-order valence-corrected chi connectivity index (χ1v) is 9.00. The first-order chi connectivity index (χ1) is 12.6. The minimum atomic E-state index is -0.423. The molecule has 0 bridgehead atoms. The Labute approximate surface area is 154 Å². The lowest BCUT2D eigenvalue weighted by Crippen LogP contribution is -2.05. The Balaban J connectivity index is 2.00. The molecule has 0 saturated carbocycles. The molecule has 4 heteroatoms. The quantitative estimate of drug-likeness (QED) is 0.415. The van der Waals surface area contributed by atoms with Gasteiger partial charge < -0.3 is 4.42 Å². The summed E-state index contributed by atoms with van der Waals surface area (Å²) in [5, 5.41) is 0.588. The summed E-state index contributed by atoms with van der Waals surface area (Å²) in [7, 11) is 0. The summed E-state index contributed by atoms with van der Waals surface area (Å²) < 4.78 is 19.4. The van der Waals surface area contributed by atoms with Gasteiger partial charge in [0, 0.05) is 15.8 Å². The monoisotopic (exact) mass is 362 g/mol. The first-order valence-electron chi connectivity index (χ1n) is 8.18. The minimum absolute atomic E-state index is 0.366. The molecule has 26 heavy (non-hydrogen) atoms. The van der Waals surface area contributed by atoms with Gasteiger partial charge in [0.25, 0.3) is 0 Å². The van der Waals surface area contributed by atoms with Crippen molar-refractivity contribution < 1.29 is 8.81 Å². The van der Waals surface area contributed by atoms with E-state index >= 15 is 0 Å². The van der Waals surface area contributed by atoms with E-state index in [2.05, 4.69) is 0 Å². The Hall–Kier alpha value is -2.85. The Bertz CT molecular complexity index is 1130. The molecule has 0 amide bonds. The van der Waals surface area contributed by atoms with E-state index in [1.807, 2.05) is 61.5 Å². The summed E-state index contributed by atoms with van der Waals surface area (Å²) in [6, 6.07) is 21.7.